The number of carbonyl (C=O) groups is 2. The number of pyridine rings is 1. The van der Waals surface area contributed by atoms with E-state index >= 15 is 0 Å². The first kappa shape index (κ1) is 16.2. The summed E-state index contributed by atoms with van der Waals surface area (Å²) < 4.78 is 0. The van der Waals surface area contributed by atoms with E-state index in [0.29, 0.717) is 22.5 Å². The van der Waals surface area contributed by atoms with Gasteiger partial charge in [0, 0.05) is 23.2 Å². The number of carboxylic acids is 1. The van der Waals surface area contributed by atoms with Crippen molar-refractivity contribution in [2.24, 2.45) is 5.41 Å². The average Bonchev–Trinajstić information content (AvgIpc) is 2.45. The maximum absolute atomic E-state index is 12.3. The van der Waals surface area contributed by atoms with Crippen LogP contribution in [0.4, 0.5) is 0 Å². The van der Waals surface area contributed by atoms with Gasteiger partial charge in [0.2, 0.25) is 0 Å². The Morgan fingerprint density at radius 3 is 2.77 bits per heavy atom. The van der Waals surface area contributed by atoms with Gasteiger partial charge in [-0.1, -0.05) is 17.7 Å². The second-order valence-electron chi connectivity index (χ2n) is 5.72. The summed E-state index contributed by atoms with van der Waals surface area (Å²) in [6.45, 7) is 3.51. The monoisotopic (exact) mass is 320 g/mol. The molecule has 5 nitrogen and oxygen atoms in total. The topological polar surface area (TPSA) is 79.3 Å². The number of hydrogen-bond acceptors (Lipinski definition) is 3. The van der Waals surface area contributed by atoms with E-state index in [1.165, 1.54) is 0 Å². The molecule has 0 bridgehead atoms. The molecule has 6 heteroatoms. The molecule has 1 heterocycles. The van der Waals surface area contributed by atoms with Crippen molar-refractivity contribution in [1.82, 2.24) is 10.3 Å². The zero-order valence-corrected chi connectivity index (χ0v) is 13.1. The lowest BCUT2D eigenvalue weighted by Crippen LogP contribution is -2.32. The van der Waals surface area contributed by atoms with Gasteiger partial charge < -0.3 is 10.4 Å². The van der Waals surface area contributed by atoms with Crippen LogP contribution in [0.25, 0.3) is 10.9 Å². The Balaban J connectivity index is 2.15. The summed E-state index contributed by atoms with van der Waals surface area (Å²) in [4.78, 5) is 27.6. The van der Waals surface area contributed by atoms with Gasteiger partial charge in [0.05, 0.1) is 16.5 Å². The maximum Gasteiger partial charge on any atom is 0.309 e. The molecule has 0 saturated heterocycles. The van der Waals surface area contributed by atoms with Crippen LogP contribution in [0.5, 0.6) is 0 Å². The number of benzene rings is 1. The summed E-state index contributed by atoms with van der Waals surface area (Å²) in [5.74, 6) is -1.20. The third kappa shape index (κ3) is 3.54. The number of aromatic nitrogens is 1. The number of hydrogen-bond donors (Lipinski definition) is 2. The van der Waals surface area contributed by atoms with E-state index in [1.807, 2.05) is 6.07 Å². The van der Waals surface area contributed by atoms with Crippen LogP contribution in [0.1, 0.15) is 30.6 Å². The number of carbonyl (C=O) groups excluding carboxylic acids is 1. The van der Waals surface area contributed by atoms with Crippen LogP contribution in [0.3, 0.4) is 0 Å². The molecule has 0 fully saturated rings. The summed E-state index contributed by atoms with van der Waals surface area (Å²) in [6.07, 6.45) is 1.94. The molecule has 0 atom stereocenters. The first-order valence-corrected chi connectivity index (χ1v) is 7.25. The van der Waals surface area contributed by atoms with Crippen molar-refractivity contribution in [2.45, 2.75) is 20.3 Å². The van der Waals surface area contributed by atoms with Crippen molar-refractivity contribution >= 4 is 34.4 Å². The zero-order chi connectivity index (χ0) is 16.3. The minimum absolute atomic E-state index is 0.263. The van der Waals surface area contributed by atoms with E-state index in [9.17, 15) is 9.59 Å². The molecule has 0 aliphatic rings. The Hall–Kier alpha value is -2.14. The van der Waals surface area contributed by atoms with Gasteiger partial charge in [-0.3, -0.25) is 14.6 Å². The zero-order valence-electron chi connectivity index (χ0n) is 12.4. The smallest absolute Gasteiger partial charge is 0.309 e. The summed E-state index contributed by atoms with van der Waals surface area (Å²) in [6, 6.07) is 6.91. The van der Waals surface area contributed by atoms with E-state index in [1.54, 1.807) is 38.2 Å². The largest absolute Gasteiger partial charge is 0.481 e. The number of aliphatic carboxylic acids is 1. The fourth-order valence-electron chi connectivity index (χ4n) is 2.02. The van der Waals surface area contributed by atoms with Crippen molar-refractivity contribution in [3.05, 3.63) is 41.0 Å². The Morgan fingerprint density at radius 2 is 2.09 bits per heavy atom. The van der Waals surface area contributed by atoms with Crippen molar-refractivity contribution in [2.75, 3.05) is 6.54 Å². The predicted octanol–water partition coefficient (Wildman–Crippen LogP) is 3.12. The Kier molecular flexibility index (Phi) is 4.66. The quantitative estimate of drug-likeness (QED) is 0.887. The lowest BCUT2D eigenvalue weighted by atomic mass is 9.89. The van der Waals surface area contributed by atoms with Crippen LogP contribution in [0, 0.1) is 5.41 Å². The second kappa shape index (κ2) is 6.32. The van der Waals surface area contributed by atoms with Gasteiger partial charge in [0.15, 0.2) is 0 Å². The maximum atomic E-state index is 12.3. The Bertz CT molecular complexity index is 728. The van der Waals surface area contributed by atoms with Gasteiger partial charge in [-0.15, -0.1) is 0 Å². The molecular weight excluding hydrogens is 304 g/mol. The van der Waals surface area contributed by atoms with E-state index in [4.69, 9.17) is 16.7 Å². The van der Waals surface area contributed by atoms with Crippen LogP contribution in [-0.2, 0) is 4.79 Å². The number of nitrogens with zero attached hydrogens (tertiary/aromatic N) is 1. The molecule has 0 saturated carbocycles. The van der Waals surface area contributed by atoms with E-state index in [2.05, 4.69) is 10.3 Å². The molecule has 22 heavy (non-hydrogen) atoms. The molecule has 0 spiro atoms. The third-order valence-corrected chi connectivity index (χ3v) is 3.75. The fraction of sp³-hybridized carbons (Fsp3) is 0.312. The van der Waals surface area contributed by atoms with Gasteiger partial charge in [-0.25, -0.2) is 0 Å². The normalized spacial score (nSPS) is 11.4. The van der Waals surface area contributed by atoms with Crippen molar-refractivity contribution in [3.63, 3.8) is 0 Å². The minimum Gasteiger partial charge on any atom is -0.481 e. The average molecular weight is 321 g/mol. The van der Waals surface area contributed by atoms with Crippen molar-refractivity contribution in [1.29, 1.82) is 0 Å². The Labute approximate surface area is 133 Å². The molecule has 1 amide bonds. The van der Waals surface area contributed by atoms with Crippen molar-refractivity contribution < 1.29 is 14.7 Å². The van der Waals surface area contributed by atoms with Gasteiger partial charge in [-0.2, -0.15) is 0 Å². The molecule has 1 aromatic heterocycles. The van der Waals surface area contributed by atoms with Gasteiger partial charge in [0.1, 0.15) is 0 Å². The molecule has 0 radical (unpaired) electrons. The number of halogens is 1. The SMILES string of the molecule is CC(C)(CCNC(=O)c1cc(Cl)cc2cccnc12)C(=O)O. The first-order valence-electron chi connectivity index (χ1n) is 6.87. The number of amides is 1. The van der Waals surface area contributed by atoms with E-state index < -0.39 is 11.4 Å². The molecular formula is C16H17ClN2O3. The summed E-state index contributed by atoms with van der Waals surface area (Å²) in [5, 5.41) is 13.0. The molecule has 116 valence electrons. The fourth-order valence-corrected chi connectivity index (χ4v) is 2.25. The standard InChI is InChI=1S/C16H17ClN2O3/c1-16(2,15(21)22)5-7-19-14(20)12-9-11(17)8-10-4-3-6-18-13(10)12/h3-4,6,8-9H,5,7H2,1-2H3,(H,19,20)(H,21,22). The van der Waals surface area contributed by atoms with Crippen LogP contribution in [-0.4, -0.2) is 28.5 Å². The van der Waals surface area contributed by atoms with E-state index in [0.717, 1.165) is 5.39 Å². The molecule has 0 unspecified atom stereocenters. The molecule has 2 N–H and O–H groups in total. The van der Waals surface area contributed by atoms with Crippen LogP contribution >= 0.6 is 11.6 Å². The van der Waals surface area contributed by atoms with Gasteiger partial charge in [-0.05, 0) is 38.5 Å². The number of carboxylic acid groups (broad SMARTS) is 1. The van der Waals surface area contributed by atoms with Crippen LogP contribution < -0.4 is 5.32 Å². The highest BCUT2D eigenvalue weighted by atomic mass is 35.5. The lowest BCUT2D eigenvalue weighted by Gasteiger charge is -2.19. The minimum atomic E-state index is -0.892. The summed E-state index contributed by atoms with van der Waals surface area (Å²) in [5.41, 5.74) is 0.0696. The van der Waals surface area contributed by atoms with Gasteiger partial charge in [0.25, 0.3) is 5.91 Å². The molecule has 2 rings (SSSR count). The summed E-state index contributed by atoms with van der Waals surface area (Å²) in [7, 11) is 0. The van der Waals surface area contributed by atoms with Crippen molar-refractivity contribution in [3.8, 4) is 0 Å². The Morgan fingerprint density at radius 1 is 1.36 bits per heavy atom. The molecule has 2 aromatic rings. The second-order valence-corrected chi connectivity index (χ2v) is 6.16. The highest BCUT2D eigenvalue weighted by molar-refractivity contribution is 6.32. The highest BCUT2D eigenvalue weighted by Gasteiger charge is 2.26. The number of rotatable bonds is 5. The predicted molar refractivity (Wildman–Crippen MR) is 85.1 cm³/mol. The number of nitrogens with one attached hydrogen (secondary N) is 1. The number of fused-ring (bicyclic) bond motifs is 1. The highest BCUT2D eigenvalue weighted by Crippen LogP contribution is 2.23. The van der Waals surface area contributed by atoms with Gasteiger partial charge >= 0.3 is 5.97 Å². The van der Waals surface area contributed by atoms with Crippen LogP contribution in [0.2, 0.25) is 5.02 Å². The van der Waals surface area contributed by atoms with Crippen LogP contribution in [0.15, 0.2) is 30.5 Å². The first-order chi connectivity index (χ1) is 10.3. The molecule has 0 aliphatic heterocycles. The van der Waals surface area contributed by atoms with E-state index in [-0.39, 0.29) is 12.5 Å². The molecule has 0 aliphatic carbocycles. The lowest BCUT2D eigenvalue weighted by molar-refractivity contribution is -0.147. The third-order valence-electron chi connectivity index (χ3n) is 3.53. The molecule has 1 aromatic carbocycles. The summed E-state index contributed by atoms with van der Waals surface area (Å²) >= 11 is 6.03.